The number of hydrogen-bond donors (Lipinski definition) is 0. The molecule has 0 N–H and O–H groups in total. The SMILES string of the molecule is CC1CN(c2ccc(C=O)cc2Cl)CC1C. The Morgan fingerprint density at radius 2 is 1.94 bits per heavy atom. The molecule has 0 amide bonds. The molecule has 0 aliphatic carbocycles. The summed E-state index contributed by atoms with van der Waals surface area (Å²) in [6, 6.07) is 5.50. The van der Waals surface area contributed by atoms with Crippen LogP contribution in [-0.2, 0) is 0 Å². The number of aldehydes is 1. The summed E-state index contributed by atoms with van der Waals surface area (Å²) in [5.41, 5.74) is 1.68. The standard InChI is InChI=1S/C13H16ClNO/c1-9-6-15(7-10(9)2)13-4-3-11(8-16)5-12(13)14/h3-5,8-10H,6-7H2,1-2H3. The Hall–Kier alpha value is -1.02. The van der Waals surface area contributed by atoms with Crippen molar-refractivity contribution < 1.29 is 4.79 Å². The second kappa shape index (κ2) is 4.46. The van der Waals surface area contributed by atoms with Gasteiger partial charge in [-0.25, -0.2) is 0 Å². The van der Waals surface area contributed by atoms with E-state index in [2.05, 4.69) is 18.7 Å². The van der Waals surface area contributed by atoms with Crippen molar-refractivity contribution in [1.29, 1.82) is 0 Å². The summed E-state index contributed by atoms with van der Waals surface area (Å²) in [4.78, 5) is 12.9. The van der Waals surface area contributed by atoms with Gasteiger partial charge in [0.1, 0.15) is 6.29 Å². The molecule has 16 heavy (non-hydrogen) atoms. The maximum Gasteiger partial charge on any atom is 0.150 e. The van der Waals surface area contributed by atoms with E-state index in [0.717, 1.165) is 25.1 Å². The zero-order chi connectivity index (χ0) is 11.7. The van der Waals surface area contributed by atoms with Crippen molar-refractivity contribution in [3.8, 4) is 0 Å². The average Bonchev–Trinajstić information content (AvgIpc) is 2.58. The molecule has 0 aromatic heterocycles. The topological polar surface area (TPSA) is 20.3 Å². The summed E-state index contributed by atoms with van der Waals surface area (Å²) in [5.74, 6) is 1.39. The molecule has 0 saturated carbocycles. The lowest BCUT2D eigenvalue weighted by atomic mass is 10.0. The van der Waals surface area contributed by atoms with Gasteiger partial charge in [-0.1, -0.05) is 25.4 Å². The Bertz CT molecular complexity index is 395. The first-order valence-electron chi connectivity index (χ1n) is 5.61. The first kappa shape index (κ1) is 11.5. The summed E-state index contributed by atoms with van der Waals surface area (Å²) in [5, 5.41) is 0.672. The normalized spacial score (nSPS) is 24.8. The van der Waals surface area contributed by atoms with Crippen LogP contribution in [0.15, 0.2) is 18.2 Å². The first-order valence-corrected chi connectivity index (χ1v) is 5.99. The average molecular weight is 238 g/mol. The van der Waals surface area contributed by atoms with Crippen LogP contribution >= 0.6 is 11.6 Å². The van der Waals surface area contributed by atoms with E-state index in [9.17, 15) is 4.79 Å². The molecule has 1 aromatic rings. The van der Waals surface area contributed by atoms with Crippen LogP contribution in [0.5, 0.6) is 0 Å². The van der Waals surface area contributed by atoms with Crippen LogP contribution in [-0.4, -0.2) is 19.4 Å². The Balaban J connectivity index is 2.25. The molecule has 2 unspecified atom stereocenters. The van der Waals surface area contributed by atoms with Crippen molar-refractivity contribution in [3.63, 3.8) is 0 Å². The quantitative estimate of drug-likeness (QED) is 0.736. The van der Waals surface area contributed by atoms with Gasteiger partial charge in [0.25, 0.3) is 0 Å². The predicted molar refractivity (Wildman–Crippen MR) is 67.4 cm³/mol. The van der Waals surface area contributed by atoms with Gasteiger partial charge in [-0.3, -0.25) is 4.79 Å². The van der Waals surface area contributed by atoms with E-state index in [1.165, 1.54) is 0 Å². The zero-order valence-electron chi connectivity index (χ0n) is 9.61. The van der Waals surface area contributed by atoms with Crippen LogP contribution in [0.4, 0.5) is 5.69 Å². The second-order valence-electron chi connectivity index (χ2n) is 4.69. The Kier molecular flexibility index (Phi) is 3.20. The number of hydrogen-bond acceptors (Lipinski definition) is 2. The summed E-state index contributed by atoms with van der Waals surface area (Å²) in [6.07, 6.45) is 0.824. The first-order chi connectivity index (χ1) is 7.61. The van der Waals surface area contributed by atoms with E-state index < -0.39 is 0 Å². The van der Waals surface area contributed by atoms with Crippen molar-refractivity contribution in [2.45, 2.75) is 13.8 Å². The number of carbonyl (C=O) groups is 1. The monoisotopic (exact) mass is 237 g/mol. The zero-order valence-corrected chi connectivity index (χ0v) is 10.4. The molecule has 1 aliphatic rings. The maximum absolute atomic E-state index is 10.6. The van der Waals surface area contributed by atoms with Gasteiger partial charge in [0.15, 0.2) is 0 Å². The van der Waals surface area contributed by atoms with E-state index >= 15 is 0 Å². The molecule has 1 heterocycles. The lowest BCUT2D eigenvalue weighted by Crippen LogP contribution is -2.19. The van der Waals surface area contributed by atoms with Gasteiger partial charge < -0.3 is 4.90 Å². The van der Waals surface area contributed by atoms with E-state index in [-0.39, 0.29) is 0 Å². The number of nitrogens with zero attached hydrogens (tertiary/aromatic N) is 1. The highest BCUT2D eigenvalue weighted by Crippen LogP contribution is 2.32. The summed E-state index contributed by atoms with van der Waals surface area (Å²) < 4.78 is 0. The molecular formula is C13H16ClNO. The number of anilines is 1. The van der Waals surface area contributed by atoms with Gasteiger partial charge in [0.05, 0.1) is 10.7 Å². The van der Waals surface area contributed by atoms with Crippen LogP contribution in [0.1, 0.15) is 24.2 Å². The summed E-state index contributed by atoms with van der Waals surface area (Å²) in [7, 11) is 0. The van der Waals surface area contributed by atoms with Crippen molar-refractivity contribution in [3.05, 3.63) is 28.8 Å². The smallest absolute Gasteiger partial charge is 0.150 e. The van der Waals surface area contributed by atoms with Gasteiger partial charge in [-0.2, -0.15) is 0 Å². The number of carbonyl (C=O) groups excluding carboxylic acids is 1. The molecule has 3 heteroatoms. The van der Waals surface area contributed by atoms with Crippen molar-refractivity contribution in [2.24, 2.45) is 11.8 Å². The van der Waals surface area contributed by atoms with Crippen molar-refractivity contribution >= 4 is 23.6 Å². The fraction of sp³-hybridized carbons (Fsp3) is 0.462. The van der Waals surface area contributed by atoms with Crippen LogP contribution in [0.25, 0.3) is 0 Å². The second-order valence-corrected chi connectivity index (χ2v) is 5.10. The molecule has 0 radical (unpaired) electrons. The summed E-state index contributed by atoms with van der Waals surface area (Å²) >= 11 is 6.18. The molecule has 1 aromatic carbocycles. The summed E-state index contributed by atoms with van der Waals surface area (Å²) in [6.45, 7) is 6.61. The lowest BCUT2D eigenvalue weighted by Gasteiger charge is -2.19. The van der Waals surface area contributed by atoms with E-state index in [1.807, 2.05) is 12.1 Å². The van der Waals surface area contributed by atoms with Crippen LogP contribution in [0, 0.1) is 11.8 Å². The Morgan fingerprint density at radius 3 is 2.44 bits per heavy atom. The Morgan fingerprint density at radius 1 is 1.31 bits per heavy atom. The molecule has 0 bridgehead atoms. The lowest BCUT2D eigenvalue weighted by molar-refractivity contribution is 0.112. The van der Waals surface area contributed by atoms with Gasteiger partial charge in [-0.15, -0.1) is 0 Å². The van der Waals surface area contributed by atoms with Crippen molar-refractivity contribution in [2.75, 3.05) is 18.0 Å². The highest BCUT2D eigenvalue weighted by molar-refractivity contribution is 6.33. The molecule has 1 fully saturated rings. The predicted octanol–water partition coefficient (Wildman–Crippen LogP) is 3.24. The van der Waals surface area contributed by atoms with Gasteiger partial charge in [0, 0.05) is 18.7 Å². The minimum Gasteiger partial charge on any atom is -0.370 e. The minimum atomic E-state index is 0.633. The minimum absolute atomic E-state index is 0.633. The third-order valence-corrected chi connectivity index (χ3v) is 3.74. The number of halogens is 1. The highest BCUT2D eigenvalue weighted by Gasteiger charge is 2.27. The molecule has 1 saturated heterocycles. The number of rotatable bonds is 2. The molecule has 86 valence electrons. The molecule has 1 aliphatic heterocycles. The Labute approximate surface area is 101 Å². The molecule has 2 rings (SSSR count). The third kappa shape index (κ3) is 2.07. The third-order valence-electron chi connectivity index (χ3n) is 3.44. The highest BCUT2D eigenvalue weighted by atomic mass is 35.5. The van der Waals surface area contributed by atoms with E-state index in [0.29, 0.717) is 22.4 Å². The molecular weight excluding hydrogens is 222 g/mol. The largest absolute Gasteiger partial charge is 0.370 e. The van der Waals surface area contributed by atoms with Gasteiger partial charge in [-0.05, 0) is 30.0 Å². The van der Waals surface area contributed by atoms with Gasteiger partial charge >= 0.3 is 0 Å². The van der Waals surface area contributed by atoms with Crippen LogP contribution in [0.3, 0.4) is 0 Å². The van der Waals surface area contributed by atoms with Gasteiger partial charge in [0.2, 0.25) is 0 Å². The number of benzene rings is 1. The van der Waals surface area contributed by atoms with E-state index in [1.54, 1.807) is 6.07 Å². The van der Waals surface area contributed by atoms with E-state index in [4.69, 9.17) is 11.6 Å². The molecule has 2 nitrogen and oxygen atoms in total. The van der Waals surface area contributed by atoms with Crippen molar-refractivity contribution in [1.82, 2.24) is 0 Å². The van der Waals surface area contributed by atoms with Crippen LogP contribution < -0.4 is 4.90 Å². The molecule has 2 atom stereocenters. The van der Waals surface area contributed by atoms with Crippen LogP contribution in [0.2, 0.25) is 5.02 Å². The maximum atomic E-state index is 10.6. The fourth-order valence-corrected chi connectivity index (χ4v) is 2.49. The molecule has 0 spiro atoms. The fourth-order valence-electron chi connectivity index (χ4n) is 2.18.